The van der Waals surface area contributed by atoms with E-state index in [9.17, 15) is 0 Å². The van der Waals surface area contributed by atoms with Crippen LogP contribution in [0.5, 0.6) is 0 Å². The Morgan fingerprint density at radius 2 is 0.843 bits per heavy atom. The van der Waals surface area contributed by atoms with Crippen molar-refractivity contribution in [1.82, 2.24) is 9.97 Å². The molecule has 3 heterocycles. The van der Waals surface area contributed by atoms with Crippen molar-refractivity contribution >= 4 is 57.2 Å². The lowest BCUT2D eigenvalue weighted by Gasteiger charge is -2.44. The van der Waals surface area contributed by atoms with E-state index in [0.717, 1.165) is 34.0 Å². The van der Waals surface area contributed by atoms with Crippen LogP contribution in [-0.2, 0) is 0 Å². The van der Waals surface area contributed by atoms with E-state index >= 15 is 0 Å². The Kier molecular flexibility index (Phi) is 6.88. The van der Waals surface area contributed by atoms with E-state index in [-0.39, 0.29) is 6.71 Å². The molecular formula is C46H31BN4. The van der Waals surface area contributed by atoms with Gasteiger partial charge in [-0.15, -0.1) is 0 Å². The first-order chi connectivity index (χ1) is 25.3. The van der Waals surface area contributed by atoms with E-state index in [1.165, 1.54) is 50.0 Å². The number of aromatic nitrogens is 2. The molecule has 2 aliphatic rings. The van der Waals surface area contributed by atoms with Crippen molar-refractivity contribution in [2.45, 2.75) is 0 Å². The molecule has 0 atom stereocenters. The van der Waals surface area contributed by atoms with Gasteiger partial charge in [0.25, 0.3) is 6.71 Å². The standard InChI is InChI=1S/C46H31BN4/c1-3-11-32(12-4-1)34-19-23-37(24-20-34)50-42-17-9-7-15-39(42)47-40-16-8-10-18-43(40)51(38-25-21-35(22-26-38)33-13-5-2-6-14-33)45-30-36(29-44(50)46(45)47)41-27-28-48-31-49-41/h1-31H. The minimum atomic E-state index is 0.0570. The molecule has 0 amide bonds. The Hall–Kier alpha value is -6.72. The molecule has 5 heteroatoms. The predicted molar refractivity (Wildman–Crippen MR) is 212 cm³/mol. The quantitative estimate of drug-likeness (QED) is 0.174. The molecule has 4 nitrogen and oxygen atoms in total. The van der Waals surface area contributed by atoms with E-state index in [0.29, 0.717) is 0 Å². The molecule has 2 aliphatic heterocycles. The largest absolute Gasteiger partial charge is 0.311 e. The van der Waals surface area contributed by atoms with Gasteiger partial charge >= 0.3 is 0 Å². The molecule has 8 aromatic rings. The predicted octanol–water partition coefficient (Wildman–Crippen LogP) is 9.56. The molecule has 0 unspecified atom stereocenters. The highest BCUT2D eigenvalue weighted by atomic mass is 15.2. The molecule has 7 aromatic carbocycles. The minimum Gasteiger partial charge on any atom is -0.311 e. The zero-order valence-electron chi connectivity index (χ0n) is 27.8. The number of benzene rings is 7. The van der Waals surface area contributed by atoms with E-state index < -0.39 is 0 Å². The molecule has 0 fully saturated rings. The second-order valence-electron chi connectivity index (χ2n) is 13.1. The number of fused-ring (bicyclic) bond motifs is 4. The summed E-state index contributed by atoms with van der Waals surface area (Å²) in [6, 6.07) is 63.5. The van der Waals surface area contributed by atoms with Crippen LogP contribution >= 0.6 is 0 Å². The van der Waals surface area contributed by atoms with Crippen LogP contribution < -0.4 is 26.2 Å². The molecular weight excluding hydrogens is 619 g/mol. The van der Waals surface area contributed by atoms with Crippen molar-refractivity contribution in [3.8, 4) is 33.5 Å². The van der Waals surface area contributed by atoms with Gasteiger partial charge in [0.1, 0.15) is 6.33 Å². The number of anilines is 6. The first kappa shape index (κ1) is 29.2. The van der Waals surface area contributed by atoms with Gasteiger partial charge < -0.3 is 9.80 Å². The first-order valence-electron chi connectivity index (χ1n) is 17.4. The van der Waals surface area contributed by atoms with Crippen LogP contribution in [0.4, 0.5) is 34.1 Å². The molecule has 51 heavy (non-hydrogen) atoms. The second kappa shape index (κ2) is 12.0. The molecule has 0 saturated carbocycles. The van der Waals surface area contributed by atoms with Crippen LogP contribution in [0.1, 0.15) is 0 Å². The maximum atomic E-state index is 4.74. The third-order valence-corrected chi connectivity index (χ3v) is 10.2. The fourth-order valence-corrected chi connectivity index (χ4v) is 7.93. The van der Waals surface area contributed by atoms with Gasteiger partial charge in [0.2, 0.25) is 0 Å². The molecule has 0 N–H and O–H groups in total. The van der Waals surface area contributed by atoms with Crippen LogP contribution in [0.15, 0.2) is 188 Å². The number of rotatable bonds is 5. The molecule has 0 saturated heterocycles. The summed E-state index contributed by atoms with van der Waals surface area (Å²) in [6.45, 7) is 0.0570. The van der Waals surface area contributed by atoms with E-state index in [4.69, 9.17) is 4.98 Å². The number of hydrogen-bond acceptors (Lipinski definition) is 4. The lowest BCUT2D eigenvalue weighted by molar-refractivity contribution is 1.17. The van der Waals surface area contributed by atoms with Crippen LogP contribution in [0.2, 0.25) is 0 Å². The van der Waals surface area contributed by atoms with Gasteiger partial charge in [-0.3, -0.25) is 0 Å². The smallest absolute Gasteiger partial charge is 0.252 e. The van der Waals surface area contributed by atoms with E-state index in [1.54, 1.807) is 6.33 Å². The summed E-state index contributed by atoms with van der Waals surface area (Å²) in [7, 11) is 0. The lowest BCUT2D eigenvalue weighted by atomic mass is 9.33. The van der Waals surface area contributed by atoms with Crippen molar-refractivity contribution in [3.05, 3.63) is 188 Å². The summed E-state index contributed by atoms with van der Waals surface area (Å²) in [5.74, 6) is 0. The van der Waals surface area contributed by atoms with Crippen LogP contribution in [-0.4, -0.2) is 16.7 Å². The third kappa shape index (κ3) is 4.85. The average Bonchev–Trinajstić information content (AvgIpc) is 3.22. The third-order valence-electron chi connectivity index (χ3n) is 10.2. The summed E-state index contributed by atoms with van der Waals surface area (Å²) >= 11 is 0. The summed E-state index contributed by atoms with van der Waals surface area (Å²) < 4.78 is 0. The molecule has 238 valence electrons. The average molecular weight is 651 g/mol. The Balaban J connectivity index is 1.22. The zero-order chi connectivity index (χ0) is 33.7. The second-order valence-corrected chi connectivity index (χ2v) is 13.1. The van der Waals surface area contributed by atoms with Gasteiger partial charge in [-0.05, 0) is 93.2 Å². The molecule has 0 aliphatic carbocycles. The number of para-hydroxylation sites is 2. The van der Waals surface area contributed by atoms with E-state index in [2.05, 4.69) is 185 Å². The van der Waals surface area contributed by atoms with Gasteiger partial charge in [-0.2, -0.15) is 0 Å². The van der Waals surface area contributed by atoms with Crippen LogP contribution in [0.25, 0.3) is 33.5 Å². The normalized spacial score (nSPS) is 12.6. The highest BCUT2D eigenvalue weighted by Gasteiger charge is 2.43. The highest BCUT2D eigenvalue weighted by Crippen LogP contribution is 2.46. The summed E-state index contributed by atoms with van der Waals surface area (Å²) in [6.07, 6.45) is 3.45. The molecule has 0 spiro atoms. The first-order valence-corrected chi connectivity index (χ1v) is 17.4. The van der Waals surface area contributed by atoms with Gasteiger partial charge in [-0.25, -0.2) is 9.97 Å². The van der Waals surface area contributed by atoms with Gasteiger partial charge in [-0.1, -0.05) is 121 Å². The summed E-state index contributed by atoms with van der Waals surface area (Å²) in [4.78, 5) is 13.9. The van der Waals surface area contributed by atoms with Crippen molar-refractivity contribution in [1.29, 1.82) is 0 Å². The maximum Gasteiger partial charge on any atom is 0.252 e. The SMILES string of the molecule is c1ccc(-c2ccc(N3c4ccccc4B4c5ccccc5N(c5ccc(-c6ccccc6)cc5)c5cc(-c6ccncn6)cc3c54)cc2)cc1. The van der Waals surface area contributed by atoms with Crippen molar-refractivity contribution in [2.75, 3.05) is 9.80 Å². The number of hydrogen-bond donors (Lipinski definition) is 0. The van der Waals surface area contributed by atoms with Crippen LogP contribution in [0, 0.1) is 0 Å². The van der Waals surface area contributed by atoms with Gasteiger partial charge in [0.15, 0.2) is 0 Å². The molecule has 1 aromatic heterocycles. The van der Waals surface area contributed by atoms with E-state index in [1.807, 2.05) is 12.3 Å². The Labute approximate surface area is 298 Å². The Bertz CT molecular complexity index is 2360. The van der Waals surface area contributed by atoms with Crippen molar-refractivity contribution in [3.63, 3.8) is 0 Å². The monoisotopic (exact) mass is 650 g/mol. The fourth-order valence-electron chi connectivity index (χ4n) is 7.93. The topological polar surface area (TPSA) is 32.3 Å². The molecule has 0 bridgehead atoms. The highest BCUT2D eigenvalue weighted by molar-refractivity contribution is 7.00. The maximum absolute atomic E-state index is 4.74. The Morgan fingerprint density at radius 1 is 0.392 bits per heavy atom. The minimum absolute atomic E-state index is 0.0570. The van der Waals surface area contributed by atoms with Crippen molar-refractivity contribution < 1.29 is 0 Å². The van der Waals surface area contributed by atoms with Gasteiger partial charge in [0.05, 0.1) is 5.69 Å². The molecule has 10 rings (SSSR count). The lowest BCUT2D eigenvalue weighted by Crippen LogP contribution is -2.61. The molecule has 0 radical (unpaired) electrons. The zero-order valence-corrected chi connectivity index (χ0v) is 27.8. The van der Waals surface area contributed by atoms with Crippen LogP contribution in [0.3, 0.4) is 0 Å². The van der Waals surface area contributed by atoms with Gasteiger partial charge in [0, 0.05) is 45.9 Å². The number of nitrogens with zero attached hydrogens (tertiary/aromatic N) is 4. The fraction of sp³-hybridized carbons (Fsp3) is 0. The summed E-state index contributed by atoms with van der Waals surface area (Å²) in [5.41, 5.74) is 17.5. The van der Waals surface area contributed by atoms with Crippen molar-refractivity contribution in [2.24, 2.45) is 0 Å². The Morgan fingerprint density at radius 3 is 1.31 bits per heavy atom. The summed E-state index contributed by atoms with van der Waals surface area (Å²) in [5, 5.41) is 0.